The second-order valence-corrected chi connectivity index (χ2v) is 6.27. The number of hydrogen-bond donors (Lipinski definition) is 2. The van der Waals surface area contributed by atoms with Gasteiger partial charge in [0.05, 0.1) is 5.56 Å². The van der Waals surface area contributed by atoms with Gasteiger partial charge < -0.3 is 15.0 Å². The van der Waals surface area contributed by atoms with Gasteiger partial charge in [0.25, 0.3) is 11.5 Å². The molecule has 2 heterocycles. The third-order valence-electron chi connectivity index (χ3n) is 4.59. The Hall–Kier alpha value is -2.84. The van der Waals surface area contributed by atoms with Crippen LogP contribution < -0.4 is 10.9 Å². The van der Waals surface area contributed by atoms with Crippen molar-refractivity contribution in [1.29, 1.82) is 0 Å². The summed E-state index contributed by atoms with van der Waals surface area (Å²) in [4.78, 5) is 28.4. The number of hydrogen-bond acceptors (Lipinski definition) is 4. The number of aromatic hydroxyl groups is 1. The largest absolute Gasteiger partial charge is 0.507 e. The summed E-state index contributed by atoms with van der Waals surface area (Å²) in [5, 5.41) is 12.7. The number of amides is 1. The molecule has 0 bridgehead atoms. The van der Waals surface area contributed by atoms with Crippen molar-refractivity contribution in [2.75, 3.05) is 5.32 Å². The maximum absolute atomic E-state index is 12.6. The zero-order chi connectivity index (χ0) is 19.2. The molecule has 0 aromatic carbocycles. The molecule has 6 nitrogen and oxygen atoms in total. The zero-order valence-electron chi connectivity index (χ0n) is 14.0. The zero-order valence-corrected chi connectivity index (χ0v) is 14.0. The number of halogens is 3. The number of carbonyl (C=O) groups is 1. The second kappa shape index (κ2) is 6.15. The highest BCUT2D eigenvalue weighted by Crippen LogP contribution is 2.39. The highest BCUT2D eigenvalue weighted by Gasteiger charge is 2.32. The third kappa shape index (κ3) is 2.93. The van der Waals surface area contributed by atoms with E-state index in [1.165, 1.54) is 11.6 Å². The Kier molecular flexibility index (Phi) is 4.25. The Morgan fingerprint density at radius 2 is 2.08 bits per heavy atom. The highest BCUT2D eigenvalue weighted by molar-refractivity contribution is 6.05. The molecule has 0 fully saturated rings. The van der Waals surface area contributed by atoms with E-state index in [1.54, 1.807) is 0 Å². The predicted molar refractivity (Wildman–Crippen MR) is 87.3 cm³/mol. The number of fused-ring (bicyclic) bond motifs is 1. The van der Waals surface area contributed by atoms with Crippen LogP contribution in [0.1, 0.15) is 46.4 Å². The van der Waals surface area contributed by atoms with Crippen LogP contribution in [0.3, 0.4) is 0 Å². The third-order valence-corrected chi connectivity index (χ3v) is 4.59. The van der Waals surface area contributed by atoms with Crippen LogP contribution in [0, 0.1) is 0 Å². The molecule has 2 aromatic rings. The first-order chi connectivity index (χ1) is 12.1. The van der Waals surface area contributed by atoms with E-state index in [9.17, 15) is 27.9 Å². The number of anilines is 1. The molecule has 1 atom stereocenters. The number of nitrogens with one attached hydrogen (secondary N) is 1. The summed E-state index contributed by atoms with van der Waals surface area (Å²) in [6, 6.07) is 1.75. The number of alkyl halides is 3. The first kappa shape index (κ1) is 18.0. The molecule has 0 aliphatic heterocycles. The lowest BCUT2D eigenvalue weighted by Crippen LogP contribution is -2.30. The van der Waals surface area contributed by atoms with Crippen molar-refractivity contribution in [3.8, 4) is 5.75 Å². The lowest BCUT2D eigenvalue weighted by atomic mass is 10.0. The van der Waals surface area contributed by atoms with Crippen molar-refractivity contribution >= 4 is 11.7 Å². The highest BCUT2D eigenvalue weighted by atomic mass is 19.4. The van der Waals surface area contributed by atoms with Crippen LogP contribution in [-0.2, 0) is 19.6 Å². The van der Waals surface area contributed by atoms with Gasteiger partial charge in [0.15, 0.2) is 0 Å². The van der Waals surface area contributed by atoms with Gasteiger partial charge in [-0.05, 0) is 30.9 Å². The standard InChI is InChI=1S/C17H16F3N3O3/c1-8-3-5-10-12(8)14(24)13(16(26)23(10)2)15(25)22-11-6-4-9(7-21-11)17(18,19)20/h4,6-8,24H,3,5H2,1-2H3,(H,21,22,25). The first-order valence-corrected chi connectivity index (χ1v) is 7.90. The lowest BCUT2D eigenvalue weighted by molar-refractivity contribution is -0.137. The summed E-state index contributed by atoms with van der Waals surface area (Å²) in [6.45, 7) is 1.88. The molecule has 0 saturated carbocycles. The molecule has 0 radical (unpaired) electrons. The monoisotopic (exact) mass is 367 g/mol. The molecular weight excluding hydrogens is 351 g/mol. The SMILES string of the molecule is CC1CCc2c1c(O)c(C(=O)Nc1ccc(C(F)(F)F)cn1)c(=O)n2C. The van der Waals surface area contributed by atoms with Crippen LogP contribution in [0.15, 0.2) is 23.1 Å². The van der Waals surface area contributed by atoms with Gasteiger partial charge >= 0.3 is 6.18 Å². The Morgan fingerprint density at radius 1 is 1.38 bits per heavy atom. The minimum Gasteiger partial charge on any atom is -0.507 e. The molecule has 1 amide bonds. The lowest BCUT2D eigenvalue weighted by Gasteiger charge is -2.15. The van der Waals surface area contributed by atoms with Gasteiger partial charge in [0.1, 0.15) is 17.1 Å². The van der Waals surface area contributed by atoms with Crippen molar-refractivity contribution in [3.63, 3.8) is 0 Å². The van der Waals surface area contributed by atoms with E-state index in [1.807, 2.05) is 6.92 Å². The van der Waals surface area contributed by atoms with Crippen LogP contribution in [0.5, 0.6) is 5.75 Å². The molecule has 3 rings (SSSR count). The Labute approximate surface area is 146 Å². The summed E-state index contributed by atoms with van der Waals surface area (Å²) in [6.07, 6.45) is -2.59. The van der Waals surface area contributed by atoms with E-state index in [4.69, 9.17) is 0 Å². The Balaban J connectivity index is 1.95. The second-order valence-electron chi connectivity index (χ2n) is 6.27. The van der Waals surface area contributed by atoms with Gasteiger partial charge in [-0.3, -0.25) is 9.59 Å². The van der Waals surface area contributed by atoms with Crippen molar-refractivity contribution in [3.05, 3.63) is 51.1 Å². The van der Waals surface area contributed by atoms with Crippen LogP contribution in [-0.4, -0.2) is 20.6 Å². The summed E-state index contributed by atoms with van der Waals surface area (Å²) in [5.74, 6) is -1.46. The maximum Gasteiger partial charge on any atom is 0.417 e. The van der Waals surface area contributed by atoms with E-state index in [-0.39, 0.29) is 17.5 Å². The Bertz CT molecular complexity index is 933. The van der Waals surface area contributed by atoms with Gasteiger partial charge in [-0.2, -0.15) is 13.2 Å². The molecule has 1 aliphatic carbocycles. The van der Waals surface area contributed by atoms with Crippen LogP contribution in [0.25, 0.3) is 0 Å². The number of carbonyl (C=O) groups excluding carboxylic acids is 1. The number of rotatable bonds is 2. The molecule has 138 valence electrons. The molecule has 9 heteroatoms. The summed E-state index contributed by atoms with van der Waals surface area (Å²) < 4.78 is 39.0. The number of nitrogens with zero attached hydrogens (tertiary/aromatic N) is 2. The summed E-state index contributed by atoms with van der Waals surface area (Å²) in [5.41, 5.74) is -0.830. The summed E-state index contributed by atoms with van der Waals surface area (Å²) in [7, 11) is 1.52. The number of aromatic nitrogens is 2. The fraction of sp³-hybridized carbons (Fsp3) is 0.353. The molecule has 0 saturated heterocycles. The van der Waals surface area contributed by atoms with Gasteiger partial charge in [-0.15, -0.1) is 0 Å². The predicted octanol–water partition coefficient (Wildman–Crippen LogP) is 2.81. The van der Waals surface area contributed by atoms with Gasteiger partial charge in [0.2, 0.25) is 0 Å². The fourth-order valence-electron chi connectivity index (χ4n) is 3.18. The fourth-order valence-corrected chi connectivity index (χ4v) is 3.18. The van der Waals surface area contributed by atoms with Crippen molar-refractivity contribution in [2.45, 2.75) is 31.9 Å². The van der Waals surface area contributed by atoms with E-state index >= 15 is 0 Å². The molecule has 1 unspecified atom stereocenters. The van der Waals surface area contributed by atoms with Gasteiger partial charge in [0, 0.05) is 24.5 Å². The smallest absolute Gasteiger partial charge is 0.417 e. The maximum atomic E-state index is 12.6. The van der Waals surface area contributed by atoms with Crippen molar-refractivity contribution in [2.24, 2.45) is 7.05 Å². The average Bonchev–Trinajstić information content (AvgIpc) is 2.95. The molecule has 2 aromatic heterocycles. The van der Waals surface area contributed by atoms with Crippen LogP contribution in [0.2, 0.25) is 0 Å². The first-order valence-electron chi connectivity index (χ1n) is 7.90. The Morgan fingerprint density at radius 3 is 2.65 bits per heavy atom. The molecular formula is C17H16F3N3O3. The van der Waals surface area contributed by atoms with E-state index in [0.717, 1.165) is 18.6 Å². The average molecular weight is 367 g/mol. The topological polar surface area (TPSA) is 84.2 Å². The minimum absolute atomic E-state index is 0.00690. The molecule has 2 N–H and O–H groups in total. The van der Waals surface area contributed by atoms with Crippen molar-refractivity contribution < 1.29 is 23.1 Å². The van der Waals surface area contributed by atoms with E-state index < -0.39 is 28.8 Å². The molecule has 0 spiro atoms. The van der Waals surface area contributed by atoms with Crippen LogP contribution >= 0.6 is 0 Å². The summed E-state index contributed by atoms with van der Waals surface area (Å²) >= 11 is 0. The number of pyridine rings is 2. The van der Waals surface area contributed by atoms with Gasteiger partial charge in [-0.25, -0.2) is 4.98 Å². The van der Waals surface area contributed by atoms with Crippen LogP contribution in [0.4, 0.5) is 19.0 Å². The molecule has 1 aliphatic rings. The quantitative estimate of drug-likeness (QED) is 0.855. The molecule has 26 heavy (non-hydrogen) atoms. The van der Waals surface area contributed by atoms with Gasteiger partial charge in [-0.1, -0.05) is 6.92 Å². The van der Waals surface area contributed by atoms with E-state index in [2.05, 4.69) is 10.3 Å². The normalized spacial score (nSPS) is 16.4. The van der Waals surface area contributed by atoms with Crippen molar-refractivity contribution in [1.82, 2.24) is 9.55 Å². The minimum atomic E-state index is -4.54. The van der Waals surface area contributed by atoms with E-state index in [0.29, 0.717) is 23.9 Å².